The van der Waals surface area contributed by atoms with E-state index >= 15 is 0 Å². The van der Waals surface area contributed by atoms with Gasteiger partial charge in [0.25, 0.3) is 0 Å². The van der Waals surface area contributed by atoms with E-state index in [-0.39, 0.29) is 0 Å². The Morgan fingerprint density at radius 2 is 0.791 bits per heavy atom. The molecule has 0 unspecified atom stereocenters. The molecule has 0 atom stereocenters. The van der Waals surface area contributed by atoms with Crippen LogP contribution in [0.1, 0.15) is 22.3 Å². The van der Waals surface area contributed by atoms with Crippen LogP contribution in [-0.2, 0) is 5.41 Å². The van der Waals surface area contributed by atoms with Crippen LogP contribution in [0.2, 0.25) is 0 Å². The van der Waals surface area contributed by atoms with Crippen molar-refractivity contribution < 1.29 is 4.42 Å². The SMILES string of the molecule is c1ccc(-c2ccc(-c3cccc4oc5c6ccccc6c(N(c6ccc(-c7ccccc7)cc6)c6cccc7c6-c6ccccc6C76c7ccccc7-c7ccccc76)cc5c34)cc2)cc1. The lowest BCUT2D eigenvalue weighted by molar-refractivity contribution is 0.673. The first-order valence-electron chi connectivity index (χ1n) is 23.2. The molecular formula is C65H41NO. The first kappa shape index (κ1) is 37.6. The molecule has 0 saturated heterocycles. The normalized spacial score (nSPS) is 12.9. The van der Waals surface area contributed by atoms with Gasteiger partial charge in [0.1, 0.15) is 11.2 Å². The highest BCUT2D eigenvalue weighted by Gasteiger charge is 2.52. The third-order valence-corrected chi connectivity index (χ3v) is 14.5. The zero-order chi connectivity index (χ0) is 44.1. The van der Waals surface area contributed by atoms with Crippen molar-refractivity contribution >= 4 is 49.8 Å². The van der Waals surface area contributed by atoms with Gasteiger partial charge in [-0.3, -0.25) is 0 Å². The van der Waals surface area contributed by atoms with Gasteiger partial charge < -0.3 is 9.32 Å². The van der Waals surface area contributed by atoms with Gasteiger partial charge in [0.05, 0.1) is 16.8 Å². The van der Waals surface area contributed by atoms with E-state index in [9.17, 15) is 0 Å². The van der Waals surface area contributed by atoms with Crippen molar-refractivity contribution in [3.63, 3.8) is 0 Å². The van der Waals surface area contributed by atoms with E-state index in [0.29, 0.717) is 0 Å². The Labute approximate surface area is 389 Å². The monoisotopic (exact) mass is 851 g/mol. The lowest BCUT2D eigenvalue weighted by atomic mass is 9.70. The summed E-state index contributed by atoms with van der Waals surface area (Å²) in [4.78, 5) is 2.52. The standard InChI is InChI=1S/C65H41NO/c1-3-17-42(18-4-1)44-33-35-46(36-34-44)48-26-15-32-61-62(48)54-41-60(51-23-7-8-24-52(51)64(54)67-61)66(47-39-37-45(38-40-47)43-19-5-2-6-20-43)59-31-16-30-58-63(59)53-25-11-14-29-57(53)65(58)55-27-12-9-21-49(55)50-22-10-13-28-56(50)65/h1-41H. The minimum Gasteiger partial charge on any atom is -0.455 e. The lowest BCUT2D eigenvalue weighted by Crippen LogP contribution is -2.26. The molecule has 1 heterocycles. The van der Waals surface area contributed by atoms with Gasteiger partial charge in [0.2, 0.25) is 0 Å². The van der Waals surface area contributed by atoms with Gasteiger partial charge in [-0.1, -0.05) is 218 Å². The predicted molar refractivity (Wildman–Crippen MR) is 279 cm³/mol. The van der Waals surface area contributed by atoms with Crippen molar-refractivity contribution in [3.8, 4) is 55.6 Å². The summed E-state index contributed by atoms with van der Waals surface area (Å²) in [7, 11) is 0. The average Bonchev–Trinajstić information content (AvgIpc) is 4.04. The molecule has 14 rings (SSSR count). The van der Waals surface area contributed by atoms with Crippen molar-refractivity contribution in [1.82, 2.24) is 0 Å². The van der Waals surface area contributed by atoms with E-state index in [2.05, 4.69) is 254 Å². The Hall–Kier alpha value is -8.72. The van der Waals surface area contributed by atoms with Crippen molar-refractivity contribution in [1.29, 1.82) is 0 Å². The van der Waals surface area contributed by atoms with Gasteiger partial charge in [-0.25, -0.2) is 0 Å². The van der Waals surface area contributed by atoms with Crippen LogP contribution in [0.25, 0.3) is 88.3 Å². The Balaban J connectivity index is 1.05. The molecule has 0 bridgehead atoms. The molecule has 1 spiro atoms. The van der Waals surface area contributed by atoms with Crippen molar-refractivity contribution in [2.24, 2.45) is 0 Å². The predicted octanol–water partition coefficient (Wildman–Crippen LogP) is 17.6. The highest BCUT2D eigenvalue weighted by atomic mass is 16.3. The van der Waals surface area contributed by atoms with E-state index < -0.39 is 5.41 Å². The van der Waals surface area contributed by atoms with E-state index in [4.69, 9.17) is 4.42 Å². The molecule has 0 fully saturated rings. The zero-order valence-corrected chi connectivity index (χ0v) is 36.5. The van der Waals surface area contributed by atoms with Gasteiger partial charge in [-0.15, -0.1) is 0 Å². The Morgan fingerprint density at radius 3 is 1.45 bits per heavy atom. The van der Waals surface area contributed by atoms with E-state index in [0.717, 1.165) is 60.9 Å². The molecule has 12 aromatic rings. The molecule has 0 aliphatic heterocycles. The second-order valence-corrected chi connectivity index (χ2v) is 17.9. The van der Waals surface area contributed by atoms with Crippen LogP contribution in [0.5, 0.6) is 0 Å². The quantitative estimate of drug-likeness (QED) is 0.166. The van der Waals surface area contributed by atoms with Crippen LogP contribution in [0.3, 0.4) is 0 Å². The number of hydrogen-bond acceptors (Lipinski definition) is 2. The smallest absolute Gasteiger partial charge is 0.143 e. The zero-order valence-electron chi connectivity index (χ0n) is 36.5. The fourth-order valence-electron chi connectivity index (χ4n) is 11.7. The second kappa shape index (κ2) is 14.7. The highest BCUT2D eigenvalue weighted by Crippen LogP contribution is 2.65. The molecule has 0 N–H and O–H groups in total. The summed E-state index contributed by atoms with van der Waals surface area (Å²) in [5, 5.41) is 4.38. The minimum atomic E-state index is -0.476. The number of fused-ring (bicyclic) bond motifs is 15. The molecule has 0 saturated carbocycles. The first-order valence-corrected chi connectivity index (χ1v) is 23.2. The van der Waals surface area contributed by atoms with Crippen molar-refractivity contribution in [3.05, 3.63) is 271 Å². The third-order valence-electron chi connectivity index (χ3n) is 14.5. The van der Waals surface area contributed by atoms with Crippen molar-refractivity contribution in [2.75, 3.05) is 4.90 Å². The molecule has 0 amide bonds. The number of anilines is 3. The Bertz CT molecular complexity index is 3860. The van der Waals surface area contributed by atoms with Crippen LogP contribution in [0.15, 0.2) is 253 Å². The summed E-state index contributed by atoms with van der Waals surface area (Å²) in [6.45, 7) is 0. The average molecular weight is 852 g/mol. The number of hydrogen-bond donors (Lipinski definition) is 0. The van der Waals surface area contributed by atoms with E-state index in [1.807, 2.05) is 0 Å². The summed E-state index contributed by atoms with van der Waals surface area (Å²) in [6, 6.07) is 91.2. The largest absolute Gasteiger partial charge is 0.455 e. The van der Waals surface area contributed by atoms with Gasteiger partial charge >= 0.3 is 0 Å². The van der Waals surface area contributed by atoms with Gasteiger partial charge in [0, 0.05) is 32.8 Å². The molecule has 1 aromatic heterocycles. The molecule has 2 nitrogen and oxygen atoms in total. The summed E-state index contributed by atoms with van der Waals surface area (Å²) in [5.74, 6) is 0. The van der Waals surface area contributed by atoms with Crippen molar-refractivity contribution in [2.45, 2.75) is 5.41 Å². The molecule has 0 radical (unpaired) electrons. The Morgan fingerprint density at radius 1 is 0.313 bits per heavy atom. The van der Waals surface area contributed by atoms with Crippen LogP contribution >= 0.6 is 0 Å². The summed E-state index contributed by atoms with van der Waals surface area (Å²) < 4.78 is 6.96. The number of benzene rings is 11. The van der Waals surface area contributed by atoms with E-state index in [1.54, 1.807) is 0 Å². The molecule has 312 valence electrons. The number of nitrogens with zero attached hydrogens (tertiary/aromatic N) is 1. The molecule has 2 aliphatic carbocycles. The fraction of sp³-hybridized carbons (Fsp3) is 0.0154. The maximum atomic E-state index is 6.96. The van der Waals surface area contributed by atoms with Gasteiger partial charge in [-0.2, -0.15) is 0 Å². The van der Waals surface area contributed by atoms with Gasteiger partial charge in [-0.05, 0) is 103 Å². The third kappa shape index (κ3) is 5.45. The lowest BCUT2D eigenvalue weighted by Gasteiger charge is -2.32. The van der Waals surface area contributed by atoms with Crippen LogP contribution in [0, 0.1) is 0 Å². The molecule has 11 aromatic carbocycles. The first-order chi connectivity index (χ1) is 33.3. The molecule has 2 aliphatic rings. The molecular weight excluding hydrogens is 811 g/mol. The number of rotatable bonds is 6. The van der Waals surface area contributed by atoms with Crippen LogP contribution in [-0.4, -0.2) is 0 Å². The maximum absolute atomic E-state index is 6.96. The molecule has 2 heteroatoms. The van der Waals surface area contributed by atoms with Crippen LogP contribution < -0.4 is 4.90 Å². The highest BCUT2D eigenvalue weighted by molar-refractivity contribution is 6.23. The van der Waals surface area contributed by atoms with E-state index in [1.165, 1.54) is 66.8 Å². The summed E-state index contributed by atoms with van der Waals surface area (Å²) >= 11 is 0. The summed E-state index contributed by atoms with van der Waals surface area (Å²) in [6.07, 6.45) is 0. The summed E-state index contributed by atoms with van der Waals surface area (Å²) in [5.41, 5.74) is 22.0. The minimum absolute atomic E-state index is 0.476. The molecule has 67 heavy (non-hydrogen) atoms. The topological polar surface area (TPSA) is 16.4 Å². The number of furan rings is 1. The fourth-order valence-corrected chi connectivity index (χ4v) is 11.7. The Kier molecular flexibility index (Phi) is 8.23. The van der Waals surface area contributed by atoms with Crippen LogP contribution in [0.4, 0.5) is 17.1 Å². The second-order valence-electron chi connectivity index (χ2n) is 17.9. The maximum Gasteiger partial charge on any atom is 0.143 e. The van der Waals surface area contributed by atoms with Gasteiger partial charge in [0.15, 0.2) is 0 Å².